The Kier molecular flexibility index (Phi) is 5.44. The maximum Gasteiger partial charge on any atom is 0.243 e. The zero-order valence-corrected chi connectivity index (χ0v) is 6.26. The number of hydrogen-bond donors (Lipinski definition) is 1. The molecule has 0 spiro atoms. The summed E-state index contributed by atoms with van der Waals surface area (Å²) >= 11 is 0. The van der Waals surface area contributed by atoms with Crippen LogP contribution in [0.3, 0.4) is 0 Å². The minimum atomic E-state index is -0.0518. The largest absolute Gasteiger partial charge is 0.356 e. The molecular formula is C8H13NO. The van der Waals surface area contributed by atoms with Gasteiger partial charge in [0, 0.05) is 7.05 Å². The van der Waals surface area contributed by atoms with E-state index in [1.165, 1.54) is 6.08 Å². The Balaban J connectivity index is 3.35. The number of carbonyl (C=O) groups excluding carboxylic acids is 1. The minimum absolute atomic E-state index is 0.0518. The van der Waals surface area contributed by atoms with Crippen LogP contribution in [0.1, 0.15) is 12.8 Å². The fraction of sp³-hybridized carbons (Fsp3) is 0.375. The Morgan fingerprint density at radius 1 is 1.60 bits per heavy atom. The van der Waals surface area contributed by atoms with Gasteiger partial charge in [0.15, 0.2) is 0 Å². The van der Waals surface area contributed by atoms with Gasteiger partial charge in [-0.05, 0) is 18.9 Å². The molecule has 2 heteroatoms. The van der Waals surface area contributed by atoms with Crippen LogP contribution in [0.5, 0.6) is 0 Å². The van der Waals surface area contributed by atoms with Gasteiger partial charge in [0.25, 0.3) is 0 Å². The molecule has 0 atom stereocenters. The van der Waals surface area contributed by atoms with Crippen molar-refractivity contribution in [3.8, 4) is 0 Å². The van der Waals surface area contributed by atoms with Crippen LogP contribution in [0, 0.1) is 0 Å². The third kappa shape index (κ3) is 5.09. The first-order valence-corrected chi connectivity index (χ1v) is 3.30. The number of likely N-dealkylation sites (N-methyl/N-ethyl adjacent to an activating group) is 1. The lowest BCUT2D eigenvalue weighted by Crippen LogP contribution is -2.13. The van der Waals surface area contributed by atoms with Crippen molar-refractivity contribution in [3.05, 3.63) is 24.8 Å². The molecule has 0 aliphatic heterocycles. The zero-order valence-electron chi connectivity index (χ0n) is 6.26. The van der Waals surface area contributed by atoms with Crippen molar-refractivity contribution in [2.75, 3.05) is 7.05 Å². The van der Waals surface area contributed by atoms with Gasteiger partial charge in [0.2, 0.25) is 5.91 Å². The number of rotatable bonds is 4. The molecule has 0 fully saturated rings. The first-order valence-electron chi connectivity index (χ1n) is 3.30. The molecule has 0 radical (unpaired) electrons. The molecule has 0 aliphatic rings. The van der Waals surface area contributed by atoms with Crippen molar-refractivity contribution >= 4 is 5.91 Å². The van der Waals surface area contributed by atoms with Gasteiger partial charge >= 0.3 is 0 Å². The fourth-order valence-corrected chi connectivity index (χ4v) is 0.488. The molecule has 0 aromatic rings. The molecule has 0 rings (SSSR count). The second-order valence-corrected chi connectivity index (χ2v) is 1.88. The molecule has 1 N–H and O–H groups in total. The molecule has 0 saturated carbocycles. The number of unbranched alkanes of at least 4 members (excludes halogenated alkanes) is 1. The molecule has 10 heavy (non-hydrogen) atoms. The first-order chi connectivity index (χ1) is 4.81. The van der Waals surface area contributed by atoms with E-state index in [1.54, 1.807) is 7.05 Å². The number of nitrogens with one attached hydrogen (secondary N) is 1. The quantitative estimate of drug-likeness (QED) is 0.354. The smallest absolute Gasteiger partial charge is 0.243 e. The van der Waals surface area contributed by atoms with Crippen LogP contribution in [-0.4, -0.2) is 13.0 Å². The molecule has 0 bridgehead atoms. The monoisotopic (exact) mass is 139 g/mol. The molecule has 1 amide bonds. The SMILES string of the molecule is C=CCC/C=C/C(=O)NC. The van der Waals surface area contributed by atoms with Crippen LogP contribution in [0.4, 0.5) is 0 Å². The fourth-order valence-electron chi connectivity index (χ4n) is 0.488. The molecule has 0 aliphatic carbocycles. The lowest BCUT2D eigenvalue weighted by atomic mass is 10.3. The van der Waals surface area contributed by atoms with Crippen LogP contribution >= 0.6 is 0 Å². The summed E-state index contributed by atoms with van der Waals surface area (Å²) < 4.78 is 0. The summed E-state index contributed by atoms with van der Waals surface area (Å²) in [5, 5.41) is 2.49. The number of amides is 1. The Hall–Kier alpha value is -1.05. The molecule has 0 unspecified atom stereocenters. The second-order valence-electron chi connectivity index (χ2n) is 1.88. The van der Waals surface area contributed by atoms with E-state index >= 15 is 0 Å². The Morgan fingerprint density at radius 2 is 2.30 bits per heavy atom. The van der Waals surface area contributed by atoms with Gasteiger partial charge in [0.05, 0.1) is 0 Å². The van der Waals surface area contributed by atoms with Gasteiger partial charge in [-0.3, -0.25) is 4.79 Å². The van der Waals surface area contributed by atoms with E-state index in [4.69, 9.17) is 0 Å². The summed E-state index contributed by atoms with van der Waals surface area (Å²) in [5.74, 6) is -0.0518. The molecule has 0 heterocycles. The predicted octanol–water partition coefficient (Wildman–Crippen LogP) is 1.25. The van der Waals surface area contributed by atoms with Crippen LogP contribution in [-0.2, 0) is 4.79 Å². The van der Waals surface area contributed by atoms with Gasteiger partial charge < -0.3 is 5.32 Å². The highest BCUT2D eigenvalue weighted by molar-refractivity contribution is 5.87. The highest BCUT2D eigenvalue weighted by Crippen LogP contribution is 1.89. The van der Waals surface area contributed by atoms with E-state index in [9.17, 15) is 4.79 Å². The first kappa shape index (κ1) is 8.95. The van der Waals surface area contributed by atoms with Crippen molar-refractivity contribution in [1.29, 1.82) is 0 Å². The molecule has 0 aromatic carbocycles. The van der Waals surface area contributed by atoms with Gasteiger partial charge in [-0.1, -0.05) is 12.2 Å². The van der Waals surface area contributed by atoms with Crippen LogP contribution in [0.15, 0.2) is 24.8 Å². The zero-order chi connectivity index (χ0) is 7.82. The summed E-state index contributed by atoms with van der Waals surface area (Å²) in [5.41, 5.74) is 0. The summed E-state index contributed by atoms with van der Waals surface area (Å²) in [6, 6.07) is 0. The van der Waals surface area contributed by atoms with Gasteiger partial charge in [-0.25, -0.2) is 0 Å². The van der Waals surface area contributed by atoms with E-state index in [0.717, 1.165) is 12.8 Å². The molecular weight excluding hydrogens is 126 g/mol. The van der Waals surface area contributed by atoms with E-state index in [2.05, 4.69) is 11.9 Å². The number of allylic oxidation sites excluding steroid dienone is 2. The number of carbonyl (C=O) groups is 1. The summed E-state index contributed by atoms with van der Waals surface area (Å²) in [6.07, 6.45) is 7.00. The summed E-state index contributed by atoms with van der Waals surface area (Å²) in [7, 11) is 1.61. The van der Waals surface area contributed by atoms with Crippen LogP contribution in [0.25, 0.3) is 0 Å². The van der Waals surface area contributed by atoms with Crippen molar-refractivity contribution in [2.24, 2.45) is 0 Å². The maximum atomic E-state index is 10.6. The van der Waals surface area contributed by atoms with Crippen LogP contribution < -0.4 is 5.32 Å². The summed E-state index contributed by atoms with van der Waals surface area (Å²) in [6.45, 7) is 3.56. The summed E-state index contributed by atoms with van der Waals surface area (Å²) in [4.78, 5) is 10.6. The highest BCUT2D eigenvalue weighted by Gasteiger charge is 1.84. The Morgan fingerprint density at radius 3 is 2.80 bits per heavy atom. The van der Waals surface area contributed by atoms with Crippen molar-refractivity contribution in [2.45, 2.75) is 12.8 Å². The molecule has 56 valence electrons. The topological polar surface area (TPSA) is 29.1 Å². The minimum Gasteiger partial charge on any atom is -0.356 e. The third-order valence-electron chi connectivity index (χ3n) is 1.05. The van der Waals surface area contributed by atoms with Crippen LogP contribution in [0.2, 0.25) is 0 Å². The predicted molar refractivity (Wildman–Crippen MR) is 42.6 cm³/mol. The molecule has 0 saturated heterocycles. The van der Waals surface area contributed by atoms with Gasteiger partial charge in [-0.2, -0.15) is 0 Å². The average molecular weight is 139 g/mol. The lowest BCUT2D eigenvalue weighted by molar-refractivity contribution is -0.116. The Bertz CT molecular complexity index is 138. The molecule has 2 nitrogen and oxygen atoms in total. The van der Waals surface area contributed by atoms with E-state index in [1.807, 2.05) is 12.2 Å². The van der Waals surface area contributed by atoms with Crippen molar-refractivity contribution in [1.82, 2.24) is 5.32 Å². The maximum absolute atomic E-state index is 10.6. The Labute approximate surface area is 61.6 Å². The van der Waals surface area contributed by atoms with Gasteiger partial charge in [-0.15, -0.1) is 6.58 Å². The molecule has 0 aromatic heterocycles. The van der Waals surface area contributed by atoms with Gasteiger partial charge in [0.1, 0.15) is 0 Å². The van der Waals surface area contributed by atoms with Crippen molar-refractivity contribution < 1.29 is 4.79 Å². The number of hydrogen-bond acceptors (Lipinski definition) is 1. The standard InChI is InChI=1S/C8H13NO/c1-3-4-5-6-7-8(10)9-2/h3,6-7H,1,4-5H2,2H3,(H,9,10)/b7-6+. The van der Waals surface area contributed by atoms with E-state index in [0.29, 0.717) is 0 Å². The second kappa shape index (κ2) is 6.08. The van der Waals surface area contributed by atoms with E-state index in [-0.39, 0.29) is 5.91 Å². The third-order valence-corrected chi connectivity index (χ3v) is 1.05. The lowest BCUT2D eigenvalue weighted by Gasteiger charge is -1.88. The highest BCUT2D eigenvalue weighted by atomic mass is 16.1. The van der Waals surface area contributed by atoms with Crippen molar-refractivity contribution in [3.63, 3.8) is 0 Å². The normalized spacial score (nSPS) is 9.70. The van der Waals surface area contributed by atoms with E-state index < -0.39 is 0 Å². The average Bonchev–Trinajstić information content (AvgIpc) is 1.98.